The maximum atomic E-state index is 12.9. The van der Waals surface area contributed by atoms with Crippen molar-refractivity contribution in [3.8, 4) is 0 Å². The van der Waals surface area contributed by atoms with Gasteiger partial charge in [-0.2, -0.15) is 13.2 Å². The highest BCUT2D eigenvalue weighted by Gasteiger charge is 2.31. The minimum absolute atomic E-state index is 0.353. The lowest BCUT2D eigenvalue weighted by Crippen LogP contribution is -2.32. The summed E-state index contributed by atoms with van der Waals surface area (Å²) in [6.45, 7) is 3.44. The van der Waals surface area contributed by atoms with Crippen molar-refractivity contribution in [2.24, 2.45) is 0 Å². The van der Waals surface area contributed by atoms with Crippen molar-refractivity contribution in [3.05, 3.63) is 78.0 Å². The van der Waals surface area contributed by atoms with Crippen molar-refractivity contribution in [1.29, 1.82) is 0 Å². The Morgan fingerprint density at radius 2 is 1.87 bits per heavy atom. The average molecular weight is 425 g/mol. The van der Waals surface area contributed by atoms with Gasteiger partial charge in [-0.3, -0.25) is 4.90 Å². The third-order valence-electron chi connectivity index (χ3n) is 5.86. The zero-order valence-electron chi connectivity index (χ0n) is 17.6. The summed E-state index contributed by atoms with van der Waals surface area (Å²) in [4.78, 5) is 8.27. The van der Waals surface area contributed by atoms with Crippen molar-refractivity contribution in [1.82, 2.24) is 9.88 Å². The fourth-order valence-electron chi connectivity index (χ4n) is 4.11. The molecular weight excluding hydrogens is 399 g/mol. The van der Waals surface area contributed by atoms with E-state index in [4.69, 9.17) is 0 Å². The molecule has 2 heterocycles. The minimum Gasteiger partial charge on any atom is -0.360 e. The molecule has 162 valence electrons. The monoisotopic (exact) mass is 425 g/mol. The number of halogens is 3. The van der Waals surface area contributed by atoms with Gasteiger partial charge in [0.2, 0.25) is 0 Å². The number of rotatable bonds is 6. The molecule has 0 atom stereocenters. The number of benzene rings is 2. The molecule has 0 unspecified atom stereocenters. The summed E-state index contributed by atoms with van der Waals surface area (Å²) in [5.41, 5.74) is 2.04. The highest BCUT2D eigenvalue weighted by atomic mass is 19.4. The van der Waals surface area contributed by atoms with Crippen LogP contribution in [0.4, 0.5) is 19.0 Å². The third-order valence-corrected chi connectivity index (χ3v) is 5.86. The summed E-state index contributed by atoms with van der Waals surface area (Å²) in [6, 6.07) is 17.0. The van der Waals surface area contributed by atoms with Crippen molar-refractivity contribution >= 4 is 22.2 Å². The van der Waals surface area contributed by atoms with E-state index >= 15 is 0 Å². The Kier molecular flexibility index (Phi) is 6.28. The second-order valence-corrected chi connectivity index (χ2v) is 7.98. The number of nitrogens with zero attached hydrogens (tertiary/aromatic N) is 3. The number of hydrogen-bond donors (Lipinski definition) is 0. The molecule has 0 bridgehead atoms. The number of alkyl halides is 3. The topological polar surface area (TPSA) is 19.4 Å². The molecule has 0 N–H and O–H groups in total. The quantitative estimate of drug-likeness (QED) is 0.492. The molecule has 3 nitrogen and oxygen atoms in total. The highest BCUT2D eigenvalue weighted by Crippen LogP contribution is 2.31. The van der Waals surface area contributed by atoms with E-state index in [9.17, 15) is 13.2 Å². The third kappa shape index (κ3) is 5.07. The lowest BCUT2D eigenvalue weighted by atomic mass is 9.94. The van der Waals surface area contributed by atoms with Crippen LogP contribution in [0.1, 0.15) is 24.0 Å². The maximum absolute atomic E-state index is 12.9. The lowest BCUT2D eigenvalue weighted by Gasteiger charge is -2.28. The molecule has 1 aliphatic heterocycles. The first-order chi connectivity index (χ1) is 14.9. The maximum Gasteiger partial charge on any atom is 0.416 e. The standard InChI is InChI=1S/C25H26F3N3/c1-30(24-18-21(10-13-29-24)25(26,27)28)14-5-15-31-16-11-20(12-17-31)23-9-4-7-19-6-2-3-8-22(19)23/h2-4,6-11,13,18H,5,12,14-17H2,1H3. The Hall–Kier alpha value is -2.86. The van der Waals surface area contributed by atoms with E-state index < -0.39 is 11.7 Å². The second-order valence-electron chi connectivity index (χ2n) is 7.98. The van der Waals surface area contributed by atoms with Gasteiger partial charge < -0.3 is 4.90 Å². The van der Waals surface area contributed by atoms with Gasteiger partial charge >= 0.3 is 6.18 Å². The van der Waals surface area contributed by atoms with E-state index in [1.54, 1.807) is 11.9 Å². The van der Waals surface area contributed by atoms with E-state index in [2.05, 4.69) is 58.4 Å². The Morgan fingerprint density at radius 1 is 1.06 bits per heavy atom. The minimum atomic E-state index is -4.35. The summed E-state index contributed by atoms with van der Waals surface area (Å²) >= 11 is 0. The van der Waals surface area contributed by atoms with Gasteiger partial charge in [0.15, 0.2) is 0 Å². The lowest BCUT2D eigenvalue weighted by molar-refractivity contribution is -0.137. The highest BCUT2D eigenvalue weighted by molar-refractivity contribution is 5.94. The van der Waals surface area contributed by atoms with Crippen LogP contribution in [-0.4, -0.2) is 43.1 Å². The van der Waals surface area contributed by atoms with Crippen LogP contribution in [0.5, 0.6) is 0 Å². The zero-order chi connectivity index (χ0) is 21.8. The molecule has 6 heteroatoms. The second kappa shape index (κ2) is 9.10. The van der Waals surface area contributed by atoms with Crippen LogP contribution in [0, 0.1) is 0 Å². The van der Waals surface area contributed by atoms with Gasteiger partial charge in [-0.15, -0.1) is 0 Å². The molecule has 0 aliphatic carbocycles. The molecule has 2 aromatic carbocycles. The largest absolute Gasteiger partial charge is 0.416 e. The van der Waals surface area contributed by atoms with Gasteiger partial charge in [0.25, 0.3) is 0 Å². The van der Waals surface area contributed by atoms with E-state index in [0.29, 0.717) is 12.4 Å². The number of hydrogen-bond acceptors (Lipinski definition) is 3. The summed E-state index contributed by atoms with van der Waals surface area (Å²) < 4.78 is 38.7. The van der Waals surface area contributed by atoms with Crippen molar-refractivity contribution in [2.75, 3.05) is 38.1 Å². The normalized spacial score (nSPS) is 15.2. The first-order valence-corrected chi connectivity index (χ1v) is 10.6. The smallest absolute Gasteiger partial charge is 0.360 e. The Balaban J connectivity index is 1.32. The van der Waals surface area contributed by atoms with Crippen LogP contribution in [-0.2, 0) is 6.18 Å². The number of aromatic nitrogens is 1. The summed E-state index contributed by atoms with van der Waals surface area (Å²) in [7, 11) is 1.79. The summed E-state index contributed by atoms with van der Waals surface area (Å²) in [5.74, 6) is 0.353. The van der Waals surface area contributed by atoms with Gasteiger partial charge in [0, 0.05) is 39.4 Å². The van der Waals surface area contributed by atoms with Gasteiger partial charge in [-0.1, -0.05) is 48.5 Å². The average Bonchev–Trinajstić information content (AvgIpc) is 2.79. The number of fused-ring (bicyclic) bond motifs is 1. The van der Waals surface area contributed by atoms with E-state index in [-0.39, 0.29) is 0 Å². The summed E-state index contributed by atoms with van der Waals surface area (Å²) in [5, 5.41) is 2.55. The molecule has 0 spiro atoms. The van der Waals surface area contributed by atoms with Crippen LogP contribution in [0.15, 0.2) is 66.9 Å². The van der Waals surface area contributed by atoms with Crippen molar-refractivity contribution in [3.63, 3.8) is 0 Å². The van der Waals surface area contributed by atoms with Crippen molar-refractivity contribution in [2.45, 2.75) is 19.0 Å². The fourth-order valence-corrected chi connectivity index (χ4v) is 4.11. The zero-order valence-corrected chi connectivity index (χ0v) is 17.6. The Bertz CT molecular complexity index is 1070. The SMILES string of the molecule is CN(CCCN1CC=C(c2cccc3ccccc23)CC1)c1cc(C(F)(F)F)ccn1. The molecule has 0 fully saturated rings. The van der Waals surface area contributed by atoms with E-state index in [1.165, 1.54) is 28.1 Å². The predicted octanol–water partition coefficient (Wildman–Crippen LogP) is 5.87. The Morgan fingerprint density at radius 3 is 2.65 bits per heavy atom. The fraction of sp³-hybridized carbons (Fsp3) is 0.320. The first-order valence-electron chi connectivity index (χ1n) is 10.6. The molecule has 0 saturated carbocycles. The molecule has 31 heavy (non-hydrogen) atoms. The number of pyridine rings is 1. The summed E-state index contributed by atoms with van der Waals surface area (Å²) in [6.07, 6.45) is 1.05. The van der Waals surface area contributed by atoms with Gasteiger partial charge in [0.05, 0.1) is 5.56 Å². The molecular formula is C25H26F3N3. The van der Waals surface area contributed by atoms with E-state index in [0.717, 1.165) is 44.6 Å². The van der Waals surface area contributed by atoms with Gasteiger partial charge in [-0.05, 0) is 46.9 Å². The van der Waals surface area contributed by atoms with Crippen LogP contribution in [0.25, 0.3) is 16.3 Å². The van der Waals surface area contributed by atoms with E-state index in [1.807, 2.05) is 0 Å². The van der Waals surface area contributed by atoms with Crippen LogP contribution in [0.3, 0.4) is 0 Å². The molecule has 0 amide bonds. The Labute approximate surface area is 180 Å². The molecule has 1 aromatic heterocycles. The number of anilines is 1. The molecule has 4 rings (SSSR count). The first kappa shape index (κ1) is 21.4. The molecule has 0 saturated heterocycles. The van der Waals surface area contributed by atoms with Crippen LogP contribution < -0.4 is 4.90 Å². The molecule has 3 aromatic rings. The van der Waals surface area contributed by atoms with Crippen LogP contribution >= 0.6 is 0 Å². The van der Waals surface area contributed by atoms with Gasteiger partial charge in [0.1, 0.15) is 5.82 Å². The van der Waals surface area contributed by atoms with Crippen LogP contribution in [0.2, 0.25) is 0 Å². The van der Waals surface area contributed by atoms with Crippen molar-refractivity contribution < 1.29 is 13.2 Å². The molecule has 1 aliphatic rings. The van der Waals surface area contributed by atoms with Gasteiger partial charge in [-0.25, -0.2) is 4.98 Å². The predicted molar refractivity (Wildman–Crippen MR) is 120 cm³/mol. The molecule has 0 radical (unpaired) electrons.